The first-order valence-corrected chi connectivity index (χ1v) is 8.09. The molecule has 2 aromatic carbocycles. The molecule has 23 heavy (non-hydrogen) atoms. The number of hydrogen-bond acceptors (Lipinski definition) is 2. The highest BCUT2D eigenvalue weighted by atomic mass is 35.6. The third-order valence-corrected chi connectivity index (χ3v) is 3.69. The van der Waals surface area contributed by atoms with Gasteiger partial charge in [-0.2, -0.15) is 0 Å². The summed E-state index contributed by atoms with van der Waals surface area (Å²) in [5, 5.41) is 2.61. The molecule has 122 valence electrons. The van der Waals surface area contributed by atoms with Crippen LogP contribution in [0.25, 0.3) is 0 Å². The van der Waals surface area contributed by atoms with Gasteiger partial charge in [0.05, 0.1) is 6.61 Å². The molecule has 2 rings (SSSR count). The molecule has 0 spiro atoms. The predicted octanol–water partition coefficient (Wildman–Crippen LogP) is 4.64. The second-order valence-corrected chi connectivity index (χ2v) is 7.43. The van der Waals surface area contributed by atoms with Crippen LogP contribution in [0.15, 0.2) is 54.6 Å². The van der Waals surface area contributed by atoms with Crippen LogP contribution in [-0.2, 0) is 11.3 Å². The molecule has 0 heterocycles. The molecule has 1 atom stereocenters. The van der Waals surface area contributed by atoms with Crippen molar-refractivity contribution in [3.8, 4) is 0 Å². The lowest BCUT2D eigenvalue weighted by Gasteiger charge is -2.25. The summed E-state index contributed by atoms with van der Waals surface area (Å²) in [6.45, 7) is 2.11. The van der Waals surface area contributed by atoms with Crippen molar-refractivity contribution < 1.29 is 9.53 Å². The van der Waals surface area contributed by atoms with E-state index in [2.05, 4.69) is 5.32 Å². The van der Waals surface area contributed by atoms with E-state index in [1.54, 1.807) is 18.2 Å². The standard InChI is InChI=1S/C17H16Cl3NO2/c1-12-6-5-9-14(10-12)15(22)21-16(17(18,19)20)23-11-13-7-3-2-4-8-13/h2-10,16H,11H2,1H3,(H,21,22). The van der Waals surface area contributed by atoms with E-state index in [-0.39, 0.29) is 12.5 Å². The van der Waals surface area contributed by atoms with Gasteiger partial charge in [-0.25, -0.2) is 0 Å². The SMILES string of the molecule is Cc1cccc(C(=O)NC(OCc2ccccc2)C(Cl)(Cl)Cl)c1. The zero-order valence-corrected chi connectivity index (χ0v) is 14.7. The zero-order chi connectivity index (χ0) is 16.9. The molecule has 1 N–H and O–H groups in total. The molecule has 0 bridgehead atoms. The molecule has 1 unspecified atom stereocenters. The number of amides is 1. The molecule has 0 aromatic heterocycles. The third-order valence-electron chi connectivity index (χ3n) is 3.10. The monoisotopic (exact) mass is 371 g/mol. The van der Waals surface area contributed by atoms with Crippen LogP contribution in [0.1, 0.15) is 21.5 Å². The molecule has 0 saturated heterocycles. The van der Waals surface area contributed by atoms with Gasteiger partial charge >= 0.3 is 0 Å². The fourth-order valence-corrected chi connectivity index (χ4v) is 2.31. The first-order valence-electron chi connectivity index (χ1n) is 6.96. The highest BCUT2D eigenvalue weighted by Gasteiger charge is 2.35. The topological polar surface area (TPSA) is 38.3 Å². The van der Waals surface area contributed by atoms with E-state index >= 15 is 0 Å². The molecule has 6 heteroatoms. The van der Waals surface area contributed by atoms with Crippen molar-refractivity contribution in [3.63, 3.8) is 0 Å². The number of aryl methyl sites for hydroxylation is 1. The number of halogens is 3. The summed E-state index contributed by atoms with van der Waals surface area (Å²) < 4.78 is 3.80. The molecule has 1 amide bonds. The normalized spacial score (nSPS) is 12.7. The molecule has 2 aromatic rings. The van der Waals surface area contributed by atoms with Crippen molar-refractivity contribution in [3.05, 3.63) is 71.3 Å². The second kappa shape index (κ2) is 8.02. The number of nitrogens with one attached hydrogen (secondary N) is 1. The lowest BCUT2D eigenvalue weighted by molar-refractivity contribution is 0.0199. The minimum Gasteiger partial charge on any atom is -0.349 e. The minimum absolute atomic E-state index is 0.216. The van der Waals surface area contributed by atoms with Gasteiger partial charge in [-0.3, -0.25) is 4.79 Å². The Morgan fingerprint density at radius 3 is 2.43 bits per heavy atom. The van der Waals surface area contributed by atoms with Gasteiger partial charge in [-0.1, -0.05) is 82.8 Å². The Labute approximate surface area is 150 Å². The van der Waals surface area contributed by atoms with Gasteiger partial charge in [0.2, 0.25) is 3.79 Å². The summed E-state index contributed by atoms with van der Waals surface area (Å²) in [4.78, 5) is 12.3. The van der Waals surface area contributed by atoms with Crippen molar-refractivity contribution in [1.29, 1.82) is 0 Å². The Kier molecular flexibility index (Phi) is 6.31. The van der Waals surface area contributed by atoms with Crippen LogP contribution in [0.2, 0.25) is 0 Å². The van der Waals surface area contributed by atoms with E-state index in [9.17, 15) is 4.79 Å². The first kappa shape index (κ1) is 18.1. The molecular formula is C17H16Cl3NO2. The van der Waals surface area contributed by atoms with Gasteiger partial charge in [0.1, 0.15) is 0 Å². The van der Waals surface area contributed by atoms with Crippen molar-refractivity contribution >= 4 is 40.7 Å². The molecule has 0 aliphatic carbocycles. The maximum Gasteiger partial charge on any atom is 0.253 e. The molecule has 0 radical (unpaired) electrons. The van der Waals surface area contributed by atoms with E-state index in [1.165, 1.54) is 0 Å². The highest BCUT2D eigenvalue weighted by Crippen LogP contribution is 2.31. The van der Waals surface area contributed by atoms with Crippen LogP contribution in [-0.4, -0.2) is 15.9 Å². The van der Waals surface area contributed by atoms with Crippen LogP contribution >= 0.6 is 34.8 Å². The summed E-state index contributed by atoms with van der Waals surface area (Å²) in [6, 6.07) is 16.6. The smallest absolute Gasteiger partial charge is 0.253 e. The Morgan fingerprint density at radius 2 is 1.83 bits per heavy atom. The molecule has 0 fully saturated rings. The van der Waals surface area contributed by atoms with Gasteiger partial charge in [-0.05, 0) is 24.6 Å². The van der Waals surface area contributed by atoms with E-state index in [0.29, 0.717) is 5.56 Å². The van der Waals surface area contributed by atoms with E-state index in [1.807, 2.05) is 43.3 Å². The van der Waals surface area contributed by atoms with Crippen molar-refractivity contribution in [1.82, 2.24) is 5.32 Å². The number of rotatable bonds is 5. The fourth-order valence-electron chi connectivity index (χ4n) is 1.96. The Hall–Kier alpha value is -1.26. The average Bonchev–Trinajstić information content (AvgIpc) is 2.51. The van der Waals surface area contributed by atoms with Gasteiger partial charge < -0.3 is 10.1 Å². The Balaban J connectivity index is 2.05. The van der Waals surface area contributed by atoms with Crippen molar-refractivity contribution in [2.45, 2.75) is 23.6 Å². The molecule has 0 aliphatic heterocycles. The van der Waals surface area contributed by atoms with Crippen LogP contribution in [0.4, 0.5) is 0 Å². The molecule has 0 saturated carbocycles. The maximum absolute atomic E-state index is 12.3. The second-order valence-electron chi connectivity index (χ2n) is 5.06. The number of carbonyl (C=O) groups is 1. The third kappa shape index (κ3) is 5.70. The van der Waals surface area contributed by atoms with Gasteiger partial charge in [-0.15, -0.1) is 0 Å². The zero-order valence-electron chi connectivity index (χ0n) is 12.4. The number of benzene rings is 2. The minimum atomic E-state index is -1.78. The van der Waals surface area contributed by atoms with Crippen LogP contribution < -0.4 is 5.32 Å². The summed E-state index contributed by atoms with van der Waals surface area (Å²) in [7, 11) is 0. The van der Waals surface area contributed by atoms with E-state index in [4.69, 9.17) is 39.5 Å². The van der Waals surface area contributed by atoms with Crippen molar-refractivity contribution in [2.75, 3.05) is 0 Å². The van der Waals surface area contributed by atoms with Gasteiger partial charge in [0, 0.05) is 5.56 Å². The van der Waals surface area contributed by atoms with Crippen LogP contribution in [0.5, 0.6) is 0 Å². The quantitative estimate of drug-likeness (QED) is 0.613. The summed E-state index contributed by atoms with van der Waals surface area (Å²) in [5.74, 6) is -0.363. The predicted molar refractivity (Wildman–Crippen MR) is 94.0 cm³/mol. The lowest BCUT2D eigenvalue weighted by atomic mass is 10.1. The number of carbonyl (C=O) groups excluding carboxylic acids is 1. The number of alkyl halides is 3. The molecule has 3 nitrogen and oxygen atoms in total. The van der Waals surface area contributed by atoms with Crippen LogP contribution in [0.3, 0.4) is 0 Å². The van der Waals surface area contributed by atoms with E-state index in [0.717, 1.165) is 11.1 Å². The van der Waals surface area contributed by atoms with Crippen LogP contribution in [0, 0.1) is 6.92 Å². The van der Waals surface area contributed by atoms with Gasteiger partial charge in [0.15, 0.2) is 6.23 Å². The average molecular weight is 373 g/mol. The molecule has 0 aliphatic rings. The van der Waals surface area contributed by atoms with Crippen molar-refractivity contribution in [2.24, 2.45) is 0 Å². The lowest BCUT2D eigenvalue weighted by Crippen LogP contribution is -2.45. The Bertz CT molecular complexity index is 656. The fraction of sp³-hybridized carbons (Fsp3) is 0.235. The first-order chi connectivity index (χ1) is 10.9. The highest BCUT2D eigenvalue weighted by molar-refractivity contribution is 6.68. The Morgan fingerprint density at radius 1 is 1.13 bits per heavy atom. The largest absolute Gasteiger partial charge is 0.349 e. The van der Waals surface area contributed by atoms with E-state index < -0.39 is 10.0 Å². The number of ether oxygens (including phenoxy) is 1. The summed E-state index contributed by atoms with van der Waals surface area (Å²) in [6.07, 6.45) is -1.07. The molecular weight excluding hydrogens is 357 g/mol. The van der Waals surface area contributed by atoms with Gasteiger partial charge in [0.25, 0.3) is 5.91 Å². The summed E-state index contributed by atoms with van der Waals surface area (Å²) in [5.41, 5.74) is 2.36. The summed E-state index contributed by atoms with van der Waals surface area (Å²) >= 11 is 17.8. The maximum atomic E-state index is 12.3. The number of hydrogen-bond donors (Lipinski definition) is 1.